The van der Waals surface area contributed by atoms with Gasteiger partial charge in [0, 0.05) is 0 Å². The molecular weight excluding hydrogens is 234 g/mol. The molecule has 1 rings (SSSR count). The molecule has 0 aromatic carbocycles. The van der Waals surface area contributed by atoms with Gasteiger partial charge >= 0.3 is 5.97 Å². The van der Waals surface area contributed by atoms with Crippen LogP contribution < -0.4 is 10.5 Å². The minimum Gasteiger partial charge on any atom is -0.493 e. The van der Waals surface area contributed by atoms with E-state index >= 15 is 0 Å². The zero-order valence-electron chi connectivity index (χ0n) is 11.5. The van der Waals surface area contributed by atoms with Crippen LogP contribution in [0.1, 0.15) is 33.7 Å². The molecule has 0 radical (unpaired) electrons. The number of nitrogens with zero attached hydrogens (tertiary/aromatic N) is 2. The van der Waals surface area contributed by atoms with Gasteiger partial charge in [0.25, 0.3) is 0 Å². The summed E-state index contributed by atoms with van der Waals surface area (Å²) in [6, 6.07) is -1.07. The lowest BCUT2D eigenvalue weighted by Gasteiger charge is -2.25. The van der Waals surface area contributed by atoms with E-state index in [2.05, 4.69) is 5.10 Å². The fourth-order valence-corrected chi connectivity index (χ4v) is 1.38. The monoisotopic (exact) mass is 255 g/mol. The summed E-state index contributed by atoms with van der Waals surface area (Å²) in [6.07, 6.45) is 3.26. The van der Waals surface area contributed by atoms with Gasteiger partial charge in [-0.1, -0.05) is 0 Å². The second-order valence-corrected chi connectivity index (χ2v) is 5.16. The number of hydrogen-bond donors (Lipinski definition) is 1. The average Bonchev–Trinajstić information content (AvgIpc) is 2.73. The quantitative estimate of drug-likeness (QED) is 0.816. The van der Waals surface area contributed by atoms with Gasteiger partial charge in [-0.15, -0.1) is 0 Å². The van der Waals surface area contributed by atoms with Crippen LogP contribution in [0.4, 0.5) is 0 Å². The summed E-state index contributed by atoms with van der Waals surface area (Å²) < 4.78 is 11.9. The standard InChI is InChI=1S/C12H21N3O3/c1-8(15-7-9(17-5)6-14-15)10(13)11(16)18-12(2,3)4/h6-8,10H,13H2,1-5H3. The SMILES string of the molecule is COc1cnn(C(C)C(N)C(=O)OC(C)(C)C)c1. The number of methoxy groups -OCH3 is 1. The fourth-order valence-electron chi connectivity index (χ4n) is 1.38. The van der Waals surface area contributed by atoms with Gasteiger partial charge in [-0.2, -0.15) is 5.10 Å². The first-order valence-corrected chi connectivity index (χ1v) is 5.81. The molecule has 102 valence electrons. The van der Waals surface area contributed by atoms with Gasteiger partial charge in [-0.3, -0.25) is 9.48 Å². The second-order valence-electron chi connectivity index (χ2n) is 5.16. The Morgan fingerprint density at radius 1 is 1.50 bits per heavy atom. The highest BCUT2D eigenvalue weighted by Crippen LogP contribution is 2.17. The Hall–Kier alpha value is -1.56. The minimum absolute atomic E-state index is 0.302. The average molecular weight is 255 g/mol. The molecule has 1 aromatic rings. The summed E-state index contributed by atoms with van der Waals surface area (Å²) in [6.45, 7) is 7.22. The Bertz CT molecular complexity index is 409. The van der Waals surface area contributed by atoms with Crippen molar-refractivity contribution < 1.29 is 14.3 Å². The molecule has 0 aliphatic heterocycles. The molecule has 0 fully saturated rings. The van der Waals surface area contributed by atoms with E-state index in [1.165, 1.54) is 0 Å². The largest absolute Gasteiger partial charge is 0.493 e. The molecule has 2 N–H and O–H groups in total. The highest BCUT2D eigenvalue weighted by molar-refractivity contribution is 5.76. The summed E-state index contributed by atoms with van der Waals surface area (Å²) in [5.74, 6) is 0.183. The van der Waals surface area contributed by atoms with Crippen molar-refractivity contribution in [2.45, 2.75) is 45.4 Å². The lowest BCUT2D eigenvalue weighted by molar-refractivity contribution is -0.157. The molecule has 0 saturated heterocycles. The molecule has 6 heteroatoms. The first-order valence-electron chi connectivity index (χ1n) is 5.81. The number of aromatic nitrogens is 2. The van der Waals surface area contributed by atoms with Gasteiger partial charge in [-0.05, 0) is 27.7 Å². The van der Waals surface area contributed by atoms with Crippen molar-refractivity contribution in [2.24, 2.45) is 5.73 Å². The van der Waals surface area contributed by atoms with Crippen molar-refractivity contribution in [3.05, 3.63) is 12.4 Å². The third kappa shape index (κ3) is 3.73. The second kappa shape index (κ2) is 5.39. The number of hydrogen-bond acceptors (Lipinski definition) is 5. The van der Waals surface area contributed by atoms with Crippen molar-refractivity contribution in [2.75, 3.05) is 7.11 Å². The minimum atomic E-state index is -0.770. The maximum Gasteiger partial charge on any atom is 0.325 e. The predicted molar refractivity (Wildman–Crippen MR) is 67.3 cm³/mol. The summed E-state index contributed by atoms with van der Waals surface area (Å²) in [5, 5.41) is 4.09. The molecule has 2 atom stereocenters. The van der Waals surface area contributed by atoms with Crippen LogP contribution in [0, 0.1) is 0 Å². The molecule has 2 unspecified atom stereocenters. The van der Waals surface area contributed by atoms with Crippen LogP contribution in [0.3, 0.4) is 0 Å². The van der Waals surface area contributed by atoms with Crippen LogP contribution in [0.5, 0.6) is 5.75 Å². The number of rotatable bonds is 4. The van der Waals surface area contributed by atoms with E-state index in [9.17, 15) is 4.79 Å². The highest BCUT2D eigenvalue weighted by atomic mass is 16.6. The summed E-state index contributed by atoms with van der Waals surface area (Å²) >= 11 is 0. The van der Waals surface area contributed by atoms with E-state index in [1.807, 2.05) is 0 Å². The zero-order valence-corrected chi connectivity index (χ0v) is 11.5. The topological polar surface area (TPSA) is 79.4 Å². The zero-order chi connectivity index (χ0) is 13.9. The van der Waals surface area contributed by atoms with Crippen LogP contribution in [-0.4, -0.2) is 34.5 Å². The number of carbonyl (C=O) groups excluding carboxylic acids is 1. The molecule has 0 aliphatic rings. The van der Waals surface area contributed by atoms with E-state index in [4.69, 9.17) is 15.2 Å². The van der Waals surface area contributed by atoms with Gasteiger partial charge in [0.2, 0.25) is 0 Å². The van der Waals surface area contributed by atoms with E-state index in [0.29, 0.717) is 5.75 Å². The molecule has 1 heterocycles. The number of nitrogens with two attached hydrogens (primary N) is 1. The van der Waals surface area contributed by atoms with Crippen molar-refractivity contribution >= 4 is 5.97 Å². The van der Waals surface area contributed by atoms with Crippen LogP contribution in [0.2, 0.25) is 0 Å². The predicted octanol–water partition coefficient (Wildman–Crippen LogP) is 1.12. The van der Waals surface area contributed by atoms with E-state index in [-0.39, 0.29) is 6.04 Å². The van der Waals surface area contributed by atoms with Crippen LogP contribution in [-0.2, 0) is 9.53 Å². The van der Waals surface area contributed by atoms with Crippen LogP contribution >= 0.6 is 0 Å². The Labute approximate surface area is 107 Å². The van der Waals surface area contributed by atoms with Gasteiger partial charge in [-0.25, -0.2) is 0 Å². The van der Waals surface area contributed by atoms with Crippen molar-refractivity contribution in [1.29, 1.82) is 0 Å². The van der Waals surface area contributed by atoms with Gasteiger partial charge in [0.05, 0.1) is 25.5 Å². The molecular formula is C12H21N3O3. The summed E-state index contributed by atoms with van der Waals surface area (Å²) in [5.41, 5.74) is 5.33. The molecule has 0 saturated carbocycles. The van der Waals surface area contributed by atoms with Gasteiger partial charge in [0.15, 0.2) is 5.75 Å². The first kappa shape index (κ1) is 14.5. The van der Waals surface area contributed by atoms with E-state index < -0.39 is 17.6 Å². The lowest BCUT2D eigenvalue weighted by atomic mass is 10.1. The van der Waals surface area contributed by atoms with Crippen molar-refractivity contribution in [1.82, 2.24) is 9.78 Å². The molecule has 1 aromatic heterocycles. The van der Waals surface area contributed by atoms with Crippen molar-refractivity contribution in [3.63, 3.8) is 0 Å². The molecule has 0 amide bonds. The van der Waals surface area contributed by atoms with Crippen molar-refractivity contribution in [3.8, 4) is 5.75 Å². The lowest BCUT2D eigenvalue weighted by Crippen LogP contribution is -2.42. The van der Waals surface area contributed by atoms with Crippen LogP contribution in [0.25, 0.3) is 0 Å². The molecule has 0 bridgehead atoms. The summed E-state index contributed by atoms with van der Waals surface area (Å²) in [4.78, 5) is 11.8. The molecule has 0 aliphatic carbocycles. The maximum atomic E-state index is 11.8. The van der Waals surface area contributed by atoms with E-state index in [0.717, 1.165) is 0 Å². The molecule has 6 nitrogen and oxygen atoms in total. The fraction of sp³-hybridized carbons (Fsp3) is 0.667. The molecule has 18 heavy (non-hydrogen) atoms. The third-order valence-electron chi connectivity index (χ3n) is 2.43. The Balaban J connectivity index is 2.71. The Morgan fingerprint density at radius 3 is 2.56 bits per heavy atom. The Morgan fingerprint density at radius 2 is 2.11 bits per heavy atom. The van der Waals surface area contributed by atoms with E-state index in [1.54, 1.807) is 51.9 Å². The maximum absolute atomic E-state index is 11.8. The number of ether oxygens (including phenoxy) is 2. The first-order chi connectivity index (χ1) is 8.24. The highest BCUT2D eigenvalue weighted by Gasteiger charge is 2.28. The number of carbonyl (C=O) groups is 1. The Kier molecular flexibility index (Phi) is 4.34. The molecule has 0 spiro atoms. The third-order valence-corrected chi connectivity index (χ3v) is 2.43. The normalized spacial score (nSPS) is 15.0. The van der Waals surface area contributed by atoms with Gasteiger partial charge < -0.3 is 15.2 Å². The van der Waals surface area contributed by atoms with Gasteiger partial charge in [0.1, 0.15) is 11.6 Å². The summed E-state index contributed by atoms with van der Waals surface area (Å²) in [7, 11) is 1.56. The number of esters is 1. The van der Waals surface area contributed by atoms with Crippen LogP contribution in [0.15, 0.2) is 12.4 Å². The smallest absolute Gasteiger partial charge is 0.325 e.